The first-order chi connectivity index (χ1) is 16.8. The fourth-order valence-electron chi connectivity index (χ4n) is 4.40. The van der Waals surface area contributed by atoms with Crippen molar-refractivity contribution in [3.8, 4) is 11.4 Å². The minimum Gasteiger partial charge on any atom is -0.497 e. The summed E-state index contributed by atoms with van der Waals surface area (Å²) in [5.74, 6) is -0.0377. The molecule has 35 heavy (non-hydrogen) atoms. The van der Waals surface area contributed by atoms with Gasteiger partial charge >= 0.3 is 5.97 Å². The van der Waals surface area contributed by atoms with Crippen molar-refractivity contribution in [2.45, 2.75) is 27.7 Å². The number of nitrogens with zero attached hydrogens (tertiary/aromatic N) is 2. The molecule has 0 fully saturated rings. The summed E-state index contributed by atoms with van der Waals surface area (Å²) in [7, 11) is 1.63. The van der Waals surface area contributed by atoms with E-state index in [1.54, 1.807) is 51.3 Å². The highest BCUT2D eigenvalue weighted by Gasteiger charge is 2.38. The Labute approximate surface area is 210 Å². The fourth-order valence-corrected chi connectivity index (χ4v) is 4.53. The summed E-state index contributed by atoms with van der Waals surface area (Å²) < 4.78 is 12.7. The standard InChI is InChI=1S/C28H27ClN2O4/c1-6-35-28(33)26-19(4)31(23-9-7-21(29)8-10-23)27(32)25(26)16-20-15-17(2)30(18(20)3)22-11-13-24(34-5)14-12-22/h7-16H,6H2,1-5H3/b25-16-. The Morgan fingerprint density at radius 3 is 2.23 bits per heavy atom. The predicted molar refractivity (Wildman–Crippen MR) is 138 cm³/mol. The third-order valence-corrected chi connectivity index (χ3v) is 6.32. The molecule has 2 aromatic carbocycles. The third kappa shape index (κ3) is 4.49. The number of halogens is 1. The Balaban J connectivity index is 1.82. The van der Waals surface area contributed by atoms with Crippen molar-refractivity contribution in [2.75, 3.05) is 18.6 Å². The van der Waals surface area contributed by atoms with Crippen LogP contribution in [0.1, 0.15) is 30.8 Å². The number of amides is 1. The van der Waals surface area contributed by atoms with E-state index in [0.29, 0.717) is 22.0 Å². The molecule has 0 radical (unpaired) electrons. The first-order valence-corrected chi connectivity index (χ1v) is 11.7. The SMILES string of the molecule is CCOC(=O)C1=C(C)N(c2ccc(Cl)cc2)C(=O)/C1=C\c1cc(C)n(-c2ccc(OC)cc2)c1C. The van der Waals surface area contributed by atoms with Crippen molar-refractivity contribution < 1.29 is 19.1 Å². The zero-order chi connectivity index (χ0) is 25.3. The molecule has 0 unspecified atom stereocenters. The van der Waals surface area contributed by atoms with Crippen LogP contribution in [0.5, 0.6) is 5.75 Å². The van der Waals surface area contributed by atoms with E-state index in [2.05, 4.69) is 4.57 Å². The van der Waals surface area contributed by atoms with Gasteiger partial charge in [-0.05, 0) is 93.9 Å². The lowest BCUT2D eigenvalue weighted by atomic mass is 10.0. The number of methoxy groups -OCH3 is 1. The minimum absolute atomic E-state index is 0.212. The molecule has 0 bridgehead atoms. The van der Waals surface area contributed by atoms with Gasteiger partial charge in [0.05, 0.1) is 24.9 Å². The average molecular weight is 491 g/mol. The molecule has 1 amide bonds. The molecule has 1 aliphatic rings. The summed E-state index contributed by atoms with van der Waals surface area (Å²) in [6.45, 7) is 7.70. The van der Waals surface area contributed by atoms with Gasteiger partial charge in [-0.15, -0.1) is 0 Å². The van der Waals surface area contributed by atoms with Crippen LogP contribution in [0.4, 0.5) is 5.69 Å². The summed E-state index contributed by atoms with van der Waals surface area (Å²) in [6.07, 6.45) is 1.77. The number of rotatable bonds is 6. The molecule has 0 spiro atoms. The lowest BCUT2D eigenvalue weighted by molar-refractivity contribution is -0.138. The first-order valence-electron chi connectivity index (χ1n) is 11.3. The van der Waals surface area contributed by atoms with Gasteiger partial charge < -0.3 is 14.0 Å². The Bertz CT molecular complexity index is 1350. The molecule has 3 aromatic rings. The van der Waals surface area contributed by atoms with E-state index < -0.39 is 5.97 Å². The number of hydrogen-bond acceptors (Lipinski definition) is 4. The van der Waals surface area contributed by atoms with E-state index in [9.17, 15) is 9.59 Å². The second-order valence-corrected chi connectivity index (χ2v) is 8.65. The summed E-state index contributed by atoms with van der Waals surface area (Å²) in [4.78, 5) is 28.1. The molecule has 1 aromatic heterocycles. The van der Waals surface area contributed by atoms with Gasteiger partial charge in [0.15, 0.2) is 0 Å². The van der Waals surface area contributed by atoms with Crippen LogP contribution >= 0.6 is 11.6 Å². The van der Waals surface area contributed by atoms with Gasteiger partial charge in [0.1, 0.15) is 5.75 Å². The normalized spacial score (nSPS) is 14.7. The van der Waals surface area contributed by atoms with E-state index in [1.807, 2.05) is 44.2 Å². The maximum atomic E-state index is 13.6. The monoisotopic (exact) mass is 490 g/mol. The van der Waals surface area contributed by atoms with Crippen LogP contribution in [-0.2, 0) is 14.3 Å². The average Bonchev–Trinajstić information content (AvgIpc) is 3.26. The molecule has 0 aliphatic carbocycles. The van der Waals surface area contributed by atoms with Crippen LogP contribution in [0.25, 0.3) is 11.8 Å². The van der Waals surface area contributed by atoms with Crippen LogP contribution in [0.3, 0.4) is 0 Å². The largest absolute Gasteiger partial charge is 0.497 e. The molecule has 0 N–H and O–H groups in total. The molecule has 180 valence electrons. The van der Waals surface area contributed by atoms with Crippen LogP contribution in [0.2, 0.25) is 5.02 Å². The van der Waals surface area contributed by atoms with Crippen LogP contribution < -0.4 is 9.64 Å². The molecule has 2 heterocycles. The summed E-state index contributed by atoms with van der Waals surface area (Å²) in [5.41, 5.74) is 5.47. The molecule has 1 aliphatic heterocycles. The zero-order valence-corrected chi connectivity index (χ0v) is 21.1. The highest BCUT2D eigenvalue weighted by Crippen LogP contribution is 2.36. The predicted octanol–water partition coefficient (Wildman–Crippen LogP) is 6.02. The number of carbonyl (C=O) groups is 2. The number of carbonyl (C=O) groups excluding carboxylic acids is 2. The van der Waals surface area contributed by atoms with Crippen molar-refractivity contribution in [3.05, 3.63) is 93.4 Å². The topological polar surface area (TPSA) is 60.8 Å². The fraction of sp³-hybridized carbons (Fsp3) is 0.214. The van der Waals surface area contributed by atoms with Gasteiger partial charge in [0.2, 0.25) is 0 Å². The van der Waals surface area contributed by atoms with Crippen LogP contribution in [-0.4, -0.2) is 30.2 Å². The summed E-state index contributed by atoms with van der Waals surface area (Å²) in [6, 6.07) is 16.7. The van der Waals surface area contributed by atoms with Crippen LogP contribution in [0.15, 0.2) is 71.4 Å². The Kier molecular flexibility index (Phi) is 6.85. The molecule has 0 atom stereocenters. The molecular weight excluding hydrogens is 464 g/mol. The minimum atomic E-state index is -0.523. The number of hydrogen-bond donors (Lipinski definition) is 0. The molecule has 0 saturated carbocycles. The zero-order valence-electron chi connectivity index (χ0n) is 20.4. The van der Waals surface area contributed by atoms with Crippen molar-refractivity contribution >= 4 is 35.2 Å². The summed E-state index contributed by atoms with van der Waals surface area (Å²) in [5, 5.41) is 0.564. The molecule has 0 saturated heterocycles. The van der Waals surface area contributed by atoms with Gasteiger partial charge in [-0.3, -0.25) is 9.69 Å². The highest BCUT2D eigenvalue weighted by atomic mass is 35.5. The number of anilines is 1. The number of esters is 1. The molecule has 7 heteroatoms. The number of benzene rings is 2. The Morgan fingerprint density at radius 2 is 1.63 bits per heavy atom. The van der Waals surface area contributed by atoms with Crippen LogP contribution in [0, 0.1) is 13.8 Å². The lowest BCUT2D eigenvalue weighted by Crippen LogP contribution is -2.24. The van der Waals surface area contributed by atoms with Crippen molar-refractivity contribution in [2.24, 2.45) is 0 Å². The highest BCUT2D eigenvalue weighted by molar-refractivity contribution is 6.30. The number of ether oxygens (including phenoxy) is 2. The van der Waals surface area contributed by atoms with E-state index >= 15 is 0 Å². The van der Waals surface area contributed by atoms with Gasteiger partial charge in [-0.25, -0.2) is 4.79 Å². The number of aromatic nitrogens is 1. The Hall–Kier alpha value is -3.77. The Morgan fingerprint density at radius 1 is 1.00 bits per heavy atom. The van der Waals surface area contributed by atoms with Crippen molar-refractivity contribution in [1.29, 1.82) is 0 Å². The van der Waals surface area contributed by atoms with Gasteiger partial charge in [0, 0.05) is 33.5 Å². The quantitative estimate of drug-likeness (QED) is 0.313. The molecule has 6 nitrogen and oxygen atoms in total. The van der Waals surface area contributed by atoms with Crippen molar-refractivity contribution in [1.82, 2.24) is 4.57 Å². The number of allylic oxidation sites excluding steroid dienone is 1. The maximum absolute atomic E-state index is 13.6. The maximum Gasteiger partial charge on any atom is 0.340 e. The second kappa shape index (κ2) is 9.84. The van der Waals surface area contributed by atoms with E-state index in [4.69, 9.17) is 21.1 Å². The van der Waals surface area contributed by atoms with E-state index in [1.165, 1.54) is 4.90 Å². The first kappa shape index (κ1) is 24.4. The van der Waals surface area contributed by atoms with Crippen molar-refractivity contribution in [3.63, 3.8) is 0 Å². The smallest absolute Gasteiger partial charge is 0.340 e. The van der Waals surface area contributed by atoms with Gasteiger partial charge in [0.25, 0.3) is 5.91 Å². The summed E-state index contributed by atoms with van der Waals surface area (Å²) >= 11 is 6.04. The molecule has 4 rings (SSSR count). The lowest BCUT2D eigenvalue weighted by Gasteiger charge is -2.18. The van der Waals surface area contributed by atoms with E-state index in [0.717, 1.165) is 28.4 Å². The second-order valence-electron chi connectivity index (χ2n) is 8.22. The van der Waals surface area contributed by atoms with E-state index in [-0.39, 0.29) is 18.1 Å². The molecular formula is C28H27ClN2O4. The van der Waals surface area contributed by atoms with Gasteiger partial charge in [-0.1, -0.05) is 11.6 Å². The third-order valence-electron chi connectivity index (χ3n) is 6.07. The van der Waals surface area contributed by atoms with Gasteiger partial charge in [-0.2, -0.15) is 0 Å². The number of aryl methyl sites for hydroxylation is 1.